The van der Waals surface area contributed by atoms with E-state index in [9.17, 15) is 8.42 Å². The van der Waals surface area contributed by atoms with Gasteiger partial charge in [-0.1, -0.05) is 19.1 Å². The summed E-state index contributed by atoms with van der Waals surface area (Å²) in [5, 5.41) is 3.50. The minimum atomic E-state index is -2.76. The summed E-state index contributed by atoms with van der Waals surface area (Å²) < 4.78 is 24.4. The maximum atomic E-state index is 11.6. The van der Waals surface area contributed by atoms with Crippen molar-refractivity contribution in [2.75, 3.05) is 18.1 Å². The highest BCUT2D eigenvalue weighted by Crippen LogP contribution is 2.24. The fourth-order valence-corrected chi connectivity index (χ4v) is 5.13. The zero-order valence-electron chi connectivity index (χ0n) is 11.8. The van der Waals surface area contributed by atoms with Crippen LogP contribution in [0.4, 0.5) is 0 Å². The summed E-state index contributed by atoms with van der Waals surface area (Å²) in [5.41, 5.74) is 1.32. The van der Waals surface area contributed by atoms with Gasteiger partial charge in [0.1, 0.15) is 0 Å². The first kappa shape index (κ1) is 16.2. The maximum Gasteiger partial charge on any atom is 0.150 e. The average Bonchev–Trinajstić information content (AvgIpc) is 2.72. The van der Waals surface area contributed by atoms with E-state index in [0.29, 0.717) is 23.5 Å². The van der Waals surface area contributed by atoms with Gasteiger partial charge < -0.3 is 5.32 Å². The summed E-state index contributed by atoms with van der Waals surface area (Å²) in [4.78, 5) is 0. The second-order valence-corrected chi connectivity index (χ2v) is 9.06. The zero-order valence-corrected chi connectivity index (χ0v) is 14.8. The Labute approximate surface area is 135 Å². The van der Waals surface area contributed by atoms with E-state index >= 15 is 0 Å². The summed E-state index contributed by atoms with van der Waals surface area (Å²) in [5.74, 6) is 1.08. The van der Waals surface area contributed by atoms with Gasteiger partial charge >= 0.3 is 0 Å². The van der Waals surface area contributed by atoms with Gasteiger partial charge in [0.05, 0.1) is 11.5 Å². The number of hydrogen-bond donors (Lipinski definition) is 1. The second kappa shape index (κ2) is 7.22. The number of halogens is 1. The van der Waals surface area contributed by atoms with Crippen molar-refractivity contribution in [1.29, 1.82) is 0 Å². The first-order chi connectivity index (χ1) is 9.48. The lowest BCUT2D eigenvalue weighted by atomic mass is 9.94. The van der Waals surface area contributed by atoms with E-state index in [2.05, 4.69) is 59.1 Å². The Kier molecular flexibility index (Phi) is 5.86. The average molecular weight is 407 g/mol. The molecule has 2 rings (SSSR count). The van der Waals surface area contributed by atoms with Crippen LogP contribution in [0, 0.1) is 9.49 Å². The minimum absolute atomic E-state index is 0.327. The molecule has 0 bridgehead atoms. The van der Waals surface area contributed by atoms with E-state index < -0.39 is 9.84 Å². The molecule has 5 heteroatoms. The summed E-state index contributed by atoms with van der Waals surface area (Å²) in [6, 6.07) is 8.95. The quantitative estimate of drug-likeness (QED) is 0.738. The Morgan fingerprint density at radius 1 is 1.35 bits per heavy atom. The number of rotatable bonds is 6. The zero-order chi connectivity index (χ0) is 14.6. The summed E-state index contributed by atoms with van der Waals surface area (Å²) >= 11 is 2.31. The lowest BCUT2D eigenvalue weighted by Crippen LogP contribution is -2.33. The predicted octanol–water partition coefficient (Wildman–Crippen LogP) is 2.64. The van der Waals surface area contributed by atoms with E-state index in [0.717, 1.165) is 25.8 Å². The van der Waals surface area contributed by atoms with Crippen LogP contribution in [0.3, 0.4) is 0 Å². The van der Waals surface area contributed by atoms with Crippen LogP contribution in [0.15, 0.2) is 24.3 Å². The van der Waals surface area contributed by atoms with Crippen molar-refractivity contribution in [2.45, 2.75) is 32.2 Å². The predicted molar refractivity (Wildman–Crippen MR) is 91.7 cm³/mol. The van der Waals surface area contributed by atoms with Crippen LogP contribution in [0.2, 0.25) is 0 Å². The van der Waals surface area contributed by atoms with Gasteiger partial charge in [-0.3, -0.25) is 0 Å². The highest BCUT2D eigenvalue weighted by molar-refractivity contribution is 14.1. The molecule has 1 aromatic carbocycles. The molecule has 1 aliphatic rings. The van der Waals surface area contributed by atoms with Crippen LogP contribution < -0.4 is 5.32 Å². The highest BCUT2D eigenvalue weighted by Gasteiger charge is 2.29. The molecule has 2 unspecified atom stereocenters. The first-order valence-electron chi connectivity index (χ1n) is 7.17. The Morgan fingerprint density at radius 3 is 2.60 bits per heavy atom. The lowest BCUT2D eigenvalue weighted by Gasteiger charge is -2.21. The Morgan fingerprint density at radius 2 is 2.05 bits per heavy atom. The molecular weight excluding hydrogens is 385 g/mol. The number of sulfone groups is 1. The van der Waals surface area contributed by atoms with E-state index in [-0.39, 0.29) is 0 Å². The van der Waals surface area contributed by atoms with Crippen LogP contribution in [0.5, 0.6) is 0 Å². The fourth-order valence-electron chi connectivity index (χ4n) is 2.89. The molecular formula is C15H22INO2S. The SMILES string of the molecule is CCNC(Cc1ccc(I)cc1)CC1CCS(=O)(=O)C1. The van der Waals surface area contributed by atoms with Gasteiger partial charge in [0, 0.05) is 9.61 Å². The van der Waals surface area contributed by atoms with Gasteiger partial charge in [-0.2, -0.15) is 0 Å². The van der Waals surface area contributed by atoms with Crippen molar-refractivity contribution in [1.82, 2.24) is 5.32 Å². The Hall–Kier alpha value is -0.140. The van der Waals surface area contributed by atoms with Gasteiger partial charge in [0.25, 0.3) is 0 Å². The largest absolute Gasteiger partial charge is 0.314 e. The summed E-state index contributed by atoms with van der Waals surface area (Å²) in [7, 11) is -2.76. The van der Waals surface area contributed by atoms with Crippen LogP contribution in [0.25, 0.3) is 0 Å². The van der Waals surface area contributed by atoms with Crippen molar-refractivity contribution in [3.05, 3.63) is 33.4 Å². The number of hydrogen-bond acceptors (Lipinski definition) is 3. The van der Waals surface area contributed by atoms with E-state index in [1.165, 1.54) is 9.13 Å². The van der Waals surface area contributed by atoms with Crippen LogP contribution in [-0.4, -0.2) is 32.5 Å². The van der Waals surface area contributed by atoms with Crippen molar-refractivity contribution in [2.24, 2.45) is 5.92 Å². The van der Waals surface area contributed by atoms with Gasteiger partial charge in [0.15, 0.2) is 9.84 Å². The molecule has 2 atom stereocenters. The molecule has 0 amide bonds. The molecule has 1 saturated heterocycles. The normalized spacial score (nSPS) is 22.8. The van der Waals surface area contributed by atoms with Gasteiger partial charge in [0.2, 0.25) is 0 Å². The molecule has 1 fully saturated rings. The Balaban J connectivity index is 1.95. The van der Waals surface area contributed by atoms with Crippen LogP contribution in [-0.2, 0) is 16.3 Å². The van der Waals surface area contributed by atoms with Crippen LogP contribution >= 0.6 is 22.6 Å². The molecule has 0 saturated carbocycles. The van der Waals surface area contributed by atoms with Crippen molar-refractivity contribution >= 4 is 32.4 Å². The van der Waals surface area contributed by atoms with Crippen molar-refractivity contribution in [3.8, 4) is 0 Å². The monoisotopic (exact) mass is 407 g/mol. The molecule has 0 radical (unpaired) electrons. The minimum Gasteiger partial charge on any atom is -0.314 e. The fraction of sp³-hybridized carbons (Fsp3) is 0.600. The molecule has 0 aromatic heterocycles. The van der Waals surface area contributed by atoms with Gasteiger partial charge in [-0.25, -0.2) is 8.42 Å². The molecule has 112 valence electrons. The van der Waals surface area contributed by atoms with Crippen molar-refractivity contribution < 1.29 is 8.42 Å². The third-order valence-corrected chi connectivity index (χ3v) is 6.39. The summed E-state index contributed by atoms with van der Waals surface area (Å²) in [6.45, 7) is 3.03. The lowest BCUT2D eigenvalue weighted by molar-refractivity contribution is 0.409. The topological polar surface area (TPSA) is 46.2 Å². The van der Waals surface area contributed by atoms with E-state index in [1.54, 1.807) is 0 Å². The third kappa shape index (κ3) is 5.00. The van der Waals surface area contributed by atoms with Crippen LogP contribution in [0.1, 0.15) is 25.3 Å². The molecule has 3 nitrogen and oxygen atoms in total. The Bertz CT molecular complexity index is 527. The van der Waals surface area contributed by atoms with E-state index in [1.807, 2.05) is 0 Å². The molecule has 0 aliphatic carbocycles. The van der Waals surface area contributed by atoms with Gasteiger partial charge in [-0.15, -0.1) is 0 Å². The smallest absolute Gasteiger partial charge is 0.150 e. The maximum absolute atomic E-state index is 11.6. The molecule has 0 spiro atoms. The second-order valence-electron chi connectivity index (χ2n) is 5.59. The third-order valence-electron chi connectivity index (χ3n) is 3.83. The first-order valence-corrected chi connectivity index (χ1v) is 10.1. The highest BCUT2D eigenvalue weighted by atomic mass is 127. The van der Waals surface area contributed by atoms with E-state index in [4.69, 9.17) is 0 Å². The molecule has 20 heavy (non-hydrogen) atoms. The summed E-state index contributed by atoms with van der Waals surface area (Å²) in [6.07, 6.45) is 2.76. The van der Waals surface area contributed by atoms with Crippen molar-refractivity contribution in [3.63, 3.8) is 0 Å². The molecule has 1 aromatic rings. The van der Waals surface area contributed by atoms with Gasteiger partial charge in [-0.05, 0) is 72.0 Å². The molecule has 1 aliphatic heterocycles. The molecule has 1 N–H and O–H groups in total. The number of nitrogens with one attached hydrogen (secondary N) is 1. The molecule has 1 heterocycles. The number of benzene rings is 1. The standard InChI is InChI=1S/C15H22INO2S/c1-2-17-15(9-12-3-5-14(16)6-4-12)10-13-7-8-20(18,19)11-13/h3-6,13,15,17H,2,7-11H2,1H3. The number of likely N-dealkylation sites (N-methyl/N-ethyl adjacent to an activating group) is 1.